The van der Waals surface area contributed by atoms with Crippen LogP contribution >= 0.6 is 0 Å². The summed E-state index contributed by atoms with van der Waals surface area (Å²) >= 11 is 0. The molecule has 7 nitrogen and oxygen atoms in total. The van der Waals surface area contributed by atoms with Gasteiger partial charge in [0.2, 0.25) is 0 Å². The molecule has 0 radical (unpaired) electrons. The number of carbonyl (C=O) groups excluding carboxylic acids is 1. The fraction of sp³-hybridized carbons (Fsp3) is 0.120. The molecule has 166 valence electrons. The number of sulfonamides is 1. The summed E-state index contributed by atoms with van der Waals surface area (Å²) in [5.74, 6) is -0.370. The number of aromatic nitrogens is 2. The van der Waals surface area contributed by atoms with E-state index in [1.807, 2.05) is 54.7 Å². The molecule has 5 rings (SSSR count). The lowest BCUT2D eigenvalue weighted by Gasteiger charge is -2.20. The van der Waals surface area contributed by atoms with Crippen LogP contribution in [0.15, 0.2) is 96.2 Å². The highest BCUT2D eigenvalue weighted by Crippen LogP contribution is 2.32. The van der Waals surface area contributed by atoms with E-state index in [1.54, 1.807) is 29.1 Å². The van der Waals surface area contributed by atoms with Gasteiger partial charge in [-0.25, -0.2) is 8.42 Å². The predicted octanol–water partition coefficient (Wildman–Crippen LogP) is 3.94. The normalized spacial score (nSPS) is 13.0. The van der Waals surface area contributed by atoms with Crippen molar-refractivity contribution in [1.82, 2.24) is 9.78 Å². The minimum atomic E-state index is -3.77. The first-order valence-electron chi connectivity index (χ1n) is 10.6. The maximum absolute atomic E-state index is 13.3. The fourth-order valence-electron chi connectivity index (χ4n) is 4.01. The highest BCUT2D eigenvalue weighted by Gasteiger charge is 2.30. The topological polar surface area (TPSA) is 84.3 Å². The second kappa shape index (κ2) is 8.55. The van der Waals surface area contributed by atoms with Crippen LogP contribution in [0.4, 0.5) is 11.4 Å². The quantitative estimate of drug-likeness (QED) is 0.474. The van der Waals surface area contributed by atoms with E-state index < -0.39 is 10.0 Å². The second-order valence-corrected chi connectivity index (χ2v) is 9.70. The first kappa shape index (κ1) is 21.0. The zero-order valence-corrected chi connectivity index (χ0v) is 18.6. The molecule has 4 aromatic rings. The summed E-state index contributed by atoms with van der Waals surface area (Å²) in [7, 11) is -3.77. The van der Waals surface area contributed by atoms with E-state index in [2.05, 4.69) is 10.4 Å². The van der Waals surface area contributed by atoms with E-state index in [1.165, 1.54) is 16.4 Å². The van der Waals surface area contributed by atoms with Gasteiger partial charge >= 0.3 is 0 Å². The van der Waals surface area contributed by atoms with Crippen molar-refractivity contribution in [3.8, 4) is 0 Å². The minimum absolute atomic E-state index is 0.0966. The predicted molar refractivity (Wildman–Crippen MR) is 127 cm³/mol. The van der Waals surface area contributed by atoms with E-state index >= 15 is 0 Å². The number of hydrogen-bond donors (Lipinski definition) is 1. The van der Waals surface area contributed by atoms with Crippen molar-refractivity contribution in [3.63, 3.8) is 0 Å². The monoisotopic (exact) mass is 458 g/mol. The van der Waals surface area contributed by atoms with Crippen LogP contribution in [0.5, 0.6) is 0 Å². The number of nitrogens with zero attached hydrogens (tertiary/aromatic N) is 3. The Morgan fingerprint density at radius 2 is 1.82 bits per heavy atom. The third-order valence-corrected chi connectivity index (χ3v) is 7.43. The van der Waals surface area contributed by atoms with E-state index in [9.17, 15) is 13.2 Å². The van der Waals surface area contributed by atoms with Gasteiger partial charge in [-0.15, -0.1) is 0 Å². The van der Waals surface area contributed by atoms with E-state index in [0.29, 0.717) is 30.9 Å². The largest absolute Gasteiger partial charge is 0.322 e. The van der Waals surface area contributed by atoms with Gasteiger partial charge in [-0.3, -0.25) is 13.8 Å². The average molecular weight is 459 g/mol. The molecule has 1 N–H and O–H groups in total. The molecule has 0 atom stereocenters. The lowest BCUT2D eigenvalue weighted by molar-refractivity contribution is 0.102. The minimum Gasteiger partial charge on any atom is -0.322 e. The molecule has 1 aromatic heterocycles. The summed E-state index contributed by atoms with van der Waals surface area (Å²) < 4.78 is 29.8. The molecule has 0 fully saturated rings. The van der Waals surface area contributed by atoms with Crippen molar-refractivity contribution in [2.24, 2.45) is 0 Å². The van der Waals surface area contributed by atoms with Crippen LogP contribution < -0.4 is 9.62 Å². The maximum atomic E-state index is 13.3. The highest BCUT2D eigenvalue weighted by atomic mass is 32.2. The van der Waals surface area contributed by atoms with Crippen LogP contribution in [0.3, 0.4) is 0 Å². The van der Waals surface area contributed by atoms with Crippen molar-refractivity contribution in [1.29, 1.82) is 0 Å². The molecule has 3 aromatic carbocycles. The zero-order chi connectivity index (χ0) is 22.8. The van der Waals surface area contributed by atoms with Gasteiger partial charge in [0.05, 0.1) is 17.1 Å². The number of nitrogens with one attached hydrogen (secondary N) is 1. The van der Waals surface area contributed by atoms with Crippen molar-refractivity contribution in [2.45, 2.75) is 17.9 Å². The first-order valence-corrected chi connectivity index (χ1v) is 12.0. The van der Waals surface area contributed by atoms with E-state index in [-0.39, 0.29) is 16.4 Å². The Bertz CT molecular complexity index is 1420. The molecule has 33 heavy (non-hydrogen) atoms. The molecule has 1 amide bonds. The van der Waals surface area contributed by atoms with Crippen LogP contribution in [0.25, 0.3) is 0 Å². The van der Waals surface area contributed by atoms with E-state index in [4.69, 9.17) is 0 Å². The number of para-hydroxylation sites is 1. The van der Waals surface area contributed by atoms with Crippen molar-refractivity contribution in [3.05, 3.63) is 108 Å². The van der Waals surface area contributed by atoms with E-state index in [0.717, 1.165) is 11.1 Å². The molecule has 0 aliphatic carbocycles. The SMILES string of the molecule is O=C(Nc1cccc(Cn2cccn2)c1)c1cccc(S(=O)(=O)N2CCc3ccccc32)c1. The molecule has 0 saturated heterocycles. The maximum Gasteiger partial charge on any atom is 0.264 e. The Hall–Kier alpha value is -3.91. The molecule has 0 spiro atoms. The number of amides is 1. The molecule has 2 heterocycles. The molecule has 1 aliphatic rings. The fourth-order valence-corrected chi connectivity index (χ4v) is 5.56. The van der Waals surface area contributed by atoms with Crippen LogP contribution in [0.2, 0.25) is 0 Å². The second-order valence-electron chi connectivity index (χ2n) is 7.84. The Morgan fingerprint density at radius 3 is 2.67 bits per heavy atom. The molecule has 0 bridgehead atoms. The lowest BCUT2D eigenvalue weighted by Crippen LogP contribution is -2.29. The zero-order valence-electron chi connectivity index (χ0n) is 17.8. The summed E-state index contributed by atoms with van der Waals surface area (Å²) in [6, 6.07) is 23.0. The first-order chi connectivity index (χ1) is 16.0. The number of rotatable bonds is 6. The number of fused-ring (bicyclic) bond motifs is 1. The Kier molecular flexibility index (Phi) is 5.43. The standard InChI is InChI=1S/C25H22N4O3S/c30-25(27-22-9-3-6-19(16-22)18-28-14-5-13-26-28)21-8-4-10-23(17-21)33(31,32)29-15-12-20-7-1-2-11-24(20)29/h1-11,13-14,16-17H,12,15,18H2,(H,27,30). The van der Waals surface area contributed by atoms with Gasteiger partial charge in [0, 0.05) is 30.2 Å². The van der Waals surface area contributed by atoms with Crippen molar-refractivity contribution >= 4 is 27.3 Å². The van der Waals surface area contributed by atoms with Crippen LogP contribution in [0, 0.1) is 0 Å². The smallest absolute Gasteiger partial charge is 0.264 e. The summed E-state index contributed by atoms with van der Waals surface area (Å²) in [5, 5.41) is 7.06. The number of hydrogen-bond acceptors (Lipinski definition) is 4. The molecular weight excluding hydrogens is 436 g/mol. The molecule has 0 unspecified atom stereocenters. The molecular formula is C25H22N4O3S. The van der Waals surface area contributed by atoms with Crippen molar-refractivity contribution in [2.75, 3.05) is 16.2 Å². The number of benzene rings is 3. The van der Waals surface area contributed by atoms with Gasteiger partial charge < -0.3 is 5.32 Å². The van der Waals surface area contributed by atoms with Crippen LogP contribution in [0.1, 0.15) is 21.5 Å². The Balaban J connectivity index is 1.36. The lowest BCUT2D eigenvalue weighted by atomic mass is 10.1. The summed E-state index contributed by atoms with van der Waals surface area (Å²) in [4.78, 5) is 13.0. The Labute approximate surface area is 192 Å². The molecule has 8 heteroatoms. The summed E-state index contributed by atoms with van der Waals surface area (Å²) in [6.07, 6.45) is 4.26. The van der Waals surface area contributed by atoms with Gasteiger partial charge in [0.1, 0.15) is 0 Å². The molecule has 0 saturated carbocycles. The van der Waals surface area contributed by atoms with Gasteiger partial charge in [-0.05, 0) is 60.0 Å². The van der Waals surface area contributed by atoms with Gasteiger partial charge in [-0.2, -0.15) is 5.10 Å². The third kappa shape index (κ3) is 4.25. The third-order valence-electron chi connectivity index (χ3n) is 5.62. The summed E-state index contributed by atoms with van der Waals surface area (Å²) in [6.45, 7) is 0.975. The van der Waals surface area contributed by atoms with Gasteiger partial charge in [-0.1, -0.05) is 36.4 Å². The Morgan fingerprint density at radius 1 is 0.970 bits per heavy atom. The van der Waals surface area contributed by atoms with Gasteiger partial charge in [0.25, 0.3) is 15.9 Å². The number of anilines is 2. The average Bonchev–Trinajstić information content (AvgIpc) is 3.49. The highest BCUT2D eigenvalue weighted by molar-refractivity contribution is 7.92. The van der Waals surface area contributed by atoms with Crippen LogP contribution in [-0.4, -0.2) is 30.7 Å². The van der Waals surface area contributed by atoms with Crippen LogP contribution in [-0.2, 0) is 23.0 Å². The number of carbonyl (C=O) groups is 1. The van der Waals surface area contributed by atoms with Crippen molar-refractivity contribution < 1.29 is 13.2 Å². The summed E-state index contributed by atoms with van der Waals surface area (Å²) in [5.41, 5.74) is 3.60. The molecule has 1 aliphatic heterocycles. The van der Waals surface area contributed by atoms with Gasteiger partial charge in [0.15, 0.2) is 0 Å².